The predicted molar refractivity (Wildman–Crippen MR) is 102 cm³/mol. The third kappa shape index (κ3) is 4.85. The van der Waals surface area contributed by atoms with Gasteiger partial charge in [-0.1, -0.05) is 48.5 Å². The van der Waals surface area contributed by atoms with Crippen LogP contribution in [0, 0.1) is 13.8 Å². The van der Waals surface area contributed by atoms with Gasteiger partial charge in [-0.25, -0.2) is 0 Å². The van der Waals surface area contributed by atoms with Gasteiger partial charge in [0.1, 0.15) is 5.75 Å². The molecule has 1 heterocycles. The summed E-state index contributed by atoms with van der Waals surface area (Å²) in [5.41, 5.74) is 3.31. The van der Waals surface area contributed by atoms with E-state index in [1.807, 2.05) is 55.1 Å². The van der Waals surface area contributed by atoms with Crippen LogP contribution in [0.15, 0.2) is 48.5 Å². The molecule has 0 saturated carbocycles. The molecule has 4 nitrogen and oxygen atoms in total. The second kappa shape index (κ2) is 8.86. The molecule has 0 aliphatic carbocycles. The largest absolute Gasteiger partial charge is 0.483 e. The van der Waals surface area contributed by atoms with E-state index in [0.717, 1.165) is 42.8 Å². The van der Waals surface area contributed by atoms with E-state index in [2.05, 4.69) is 12.1 Å². The van der Waals surface area contributed by atoms with Crippen LogP contribution in [0.25, 0.3) is 0 Å². The van der Waals surface area contributed by atoms with Gasteiger partial charge in [-0.05, 0) is 43.4 Å². The maximum absolute atomic E-state index is 12.4. The van der Waals surface area contributed by atoms with E-state index in [9.17, 15) is 4.79 Å². The fourth-order valence-electron chi connectivity index (χ4n) is 3.31. The van der Waals surface area contributed by atoms with Crippen LogP contribution in [-0.2, 0) is 16.1 Å². The molecule has 2 aromatic rings. The lowest BCUT2D eigenvalue weighted by Crippen LogP contribution is -2.43. The van der Waals surface area contributed by atoms with Crippen LogP contribution in [0.2, 0.25) is 0 Å². The molecule has 0 N–H and O–H groups in total. The number of hydrogen-bond acceptors (Lipinski definition) is 3. The van der Waals surface area contributed by atoms with E-state index in [0.29, 0.717) is 6.61 Å². The predicted octanol–water partition coefficient (Wildman–Crippen LogP) is 3.89. The number of nitrogens with zero attached hydrogens (tertiary/aromatic N) is 1. The molecule has 3 rings (SSSR count). The average molecular weight is 353 g/mol. The van der Waals surface area contributed by atoms with E-state index in [4.69, 9.17) is 9.47 Å². The van der Waals surface area contributed by atoms with Gasteiger partial charge in [-0.3, -0.25) is 4.79 Å². The van der Waals surface area contributed by atoms with Gasteiger partial charge >= 0.3 is 0 Å². The lowest BCUT2D eigenvalue weighted by Gasteiger charge is -2.32. The van der Waals surface area contributed by atoms with Gasteiger partial charge in [0, 0.05) is 13.1 Å². The summed E-state index contributed by atoms with van der Waals surface area (Å²) in [5.74, 6) is 0.871. The lowest BCUT2D eigenvalue weighted by atomic mass is 10.1. The molecule has 1 aliphatic rings. The minimum Gasteiger partial charge on any atom is -0.483 e. The lowest BCUT2D eigenvalue weighted by molar-refractivity contribution is -0.136. The Bertz CT molecular complexity index is 701. The first kappa shape index (κ1) is 18.5. The Labute approximate surface area is 155 Å². The Balaban J connectivity index is 1.42. The maximum atomic E-state index is 12.4. The van der Waals surface area contributed by atoms with Crippen LogP contribution in [0.1, 0.15) is 29.5 Å². The van der Waals surface area contributed by atoms with Gasteiger partial charge in [0.15, 0.2) is 6.61 Å². The molecule has 1 aliphatic heterocycles. The minimum absolute atomic E-state index is 0.0502. The van der Waals surface area contributed by atoms with Crippen LogP contribution in [-0.4, -0.2) is 36.6 Å². The first-order valence-corrected chi connectivity index (χ1v) is 9.26. The van der Waals surface area contributed by atoms with Crippen LogP contribution < -0.4 is 4.74 Å². The van der Waals surface area contributed by atoms with E-state index in [1.54, 1.807) is 0 Å². The van der Waals surface area contributed by atoms with E-state index >= 15 is 0 Å². The highest BCUT2D eigenvalue weighted by atomic mass is 16.5. The van der Waals surface area contributed by atoms with Gasteiger partial charge in [0.05, 0.1) is 12.7 Å². The number of carbonyl (C=O) groups is 1. The zero-order valence-electron chi connectivity index (χ0n) is 15.6. The Morgan fingerprint density at radius 1 is 1.00 bits per heavy atom. The van der Waals surface area contributed by atoms with Crippen molar-refractivity contribution in [2.75, 3.05) is 19.7 Å². The summed E-state index contributed by atoms with van der Waals surface area (Å²) < 4.78 is 11.8. The van der Waals surface area contributed by atoms with Crippen molar-refractivity contribution < 1.29 is 14.3 Å². The van der Waals surface area contributed by atoms with Crippen molar-refractivity contribution in [2.45, 2.75) is 39.4 Å². The van der Waals surface area contributed by atoms with Crippen molar-refractivity contribution in [3.63, 3.8) is 0 Å². The minimum atomic E-state index is 0.0502. The van der Waals surface area contributed by atoms with Crippen molar-refractivity contribution in [3.05, 3.63) is 65.2 Å². The number of para-hydroxylation sites is 1. The van der Waals surface area contributed by atoms with Crippen LogP contribution in [0.4, 0.5) is 0 Å². The molecule has 138 valence electrons. The second-order valence-electron chi connectivity index (χ2n) is 6.89. The highest BCUT2D eigenvalue weighted by Crippen LogP contribution is 2.22. The number of piperidine rings is 1. The normalized spacial score (nSPS) is 15.1. The molecule has 1 saturated heterocycles. The molecular formula is C22H27NO3. The number of likely N-dealkylation sites (tertiary alicyclic amines) is 1. The number of hydrogen-bond donors (Lipinski definition) is 0. The topological polar surface area (TPSA) is 38.8 Å². The third-order valence-electron chi connectivity index (χ3n) is 4.87. The monoisotopic (exact) mass is 353 g/mol. The number of aryl methyl sites for hydroxylation is 2. The van der Waals surface area contributed by atoms with Crippen LogP contribution in [0.3, 0.4) is 0 Å². The number of carbonyl (C=O) groups excluding carboxylic acids is 1. The molecule has 0 bridgehead atoms. The van der Waals surface area contributed by atoms with Crippen LogP contribution >= 0.6 is 0 Å². The highest BCUT2D eigenvalue weighted by Gasteiger charge is 2.23. The molecule has 1 amide bonds. The SMILES string of the molecule is Cc1cccc(C)c1OCC(=O)N1CCC(OCc2ccccc2)CC1. The highest BCUT2D eigenvalue weighted by molar-refractivity contribution is 5.78. The maximum Gasteiger partial charge on any atom is 0.260 e. The molecule has 4 heteroatoms. The van der Waals surface area contributed by atoms with Crippen molar-refractivity contribution in [3.8, 4) is 5.75 Å². The molecule has 0 unspecified atom stereocenters. The molecule has 0 radical (unpaired) electrons. The smallest absolute Gasteiger partial charge is 0.260 e. The van der Waals surface area contributed by atoms with Gasteiger partial charge in [0.25, 0.3) is 5.91 Å². The van der Waals surface area contributed by atoms with Crippen molar-refractivity contribution in [1.29, 1.82) is 0 Å². The van der Waals surface area contributed by atoms with Gasteiger partial charge < -0.3 is 14.4 Å². The first-order valence-electron chi connectivity index (χ1n) is 9.26. The molecule has 26 heavy (non-hydrogen) atoms. The summed E-state index contributed by atoms with van der Waals surface area (Å²) in [7, 11) is 0. The van der Waals surface area contributed by atoms with Crippen molar-refractivity contribution in [1.82, 2.24) is 4.90 Å². The third-order valence-corrected chi connectivity index (χ3v) is 4.87. The van der Waals surface area contributed by atoms with Crippen molar-refractivity contribution >= 4 is 5.91 Å². The second-order valence-corrected chi connectivity index (χ2v) is 6.89. The number of amides is 1. The zero-order valence-corrected chi connectivity index (χ0v) is 15.6. The summed E-state index contributed by atoms with van der Waals surface area (Å²) in [5, 5.41) is 0. The fourth-order valence-corrected chi connectivity index (χ4v) is 3.31. The molecule has 0 aromatic heterocycles. The van der Waals surface area contributed by atoms with Crippen LogP contribution in [0.5, 0.6) is 5.75 Å². The van der Waals surface area contributed by atoms with E-state index in [-0.39, 0.29) is 18.6 Å². The van der Waals surface area contributed by atoms with E-state index < -0.39 is 0 Å². The molecule has 1 fully saturated rings. The Kier molecular flexibility index (Phi) is 6.29. The Morgan fingerprint density at radius 3 is 2.31 bits per heavy atom. The summed E-state index contributed by atoms with van der Waals surface area (Å²) in [6.07, 6.45) is 1.97. The standard InChI is InChI=1S/C22H27NO3/c1-17-7-6-8-18(2)22(17)26-16-21(24)23-13-11-20(12-14-23)25-15-19-9-4-3-5-10-19/h3-10,20H,11-16H2,1-2H3. The van der Waals surface area contributed by atoms with Gasteiger partial charge in [0.2, 0.25) is 0 Å². The van der Waals surface area contributed by atoms with Gasteiger partial charge in [-0.2, -0.15) is 0 Å². The quantitative estimate of drug-likeness (QED) is 0.791. The first-order chi connectivity index (χ1) is 12.6. The molecule has 0 atom stereocenters. The zero-order chi connectivity index (χ0) is 18.4. The fraction of sp³-hybridized carbons (Fsp3) is 0.409. The number of ether oxygens (including phenoxy) is 2. The van der Waals surface area contributed by atoms with Crippen molar-refractivity contribution in [2.24, 2.45) is 0 Å². The molecular weight excluding hydrogens is 326 g/mol. The Hall–Kier alpha value is -2.33. The number of benzene rings is 2. The number of rotatable bonds is 6. The summed E-state index contributed by atoms with van der Waals surface area (Å²) in [6.45, 7) is 6.20. The molecule has 0 spiro atoms. The summed E-state index contributed by atoms with van der Waals surface area (Å²) in [4.78, 5) is 14.3. The summed E-state index contributed by atoms with van der Waals surface area (Å²) in [6, 6.07) is 16.2. The Morgan fingerprint density at radius 2 is 1.65 bits per heavy atom. The molecule has 2 aromatic carbocycles. The summed E-state index contributed by atoms with van der Waals surface area (Å²) >= 11 is 0. The van der Waals surface area contributed by atoms with E-state index in [1.165, 1.54) is 5.56 Å². The van der Waals surface area contributed by atoms with Gasteiger partial charge in [-0.15, -0.1) is 0 Å². The average Bonchev–Trinajstić information content (AvgIpc) is 2.67.